The third-order valence-electron chi connectivity index (χ3n) is 3.14. The molecule has 0 unspecified atom stereocenters. The van der Waals surface area contributed by atoms with Crippen LogP contribution in [0.3, 0.4) is 0 Å². The lowest BCUT2D eigenvalue weighted by atomic mass is 9.89. The van der Waals surface area contributed by atoms with Crippen LogP contribution in [0.5, 0.6) is 0 Å². The van der Waals surface area contributed by atoms with E-state index in [1.807, 2.05) is 12.1 Å². The van der Waals surface area contributed by atoms with Crippen molar-refractivity contribution in [3.8, 4) is 0 Å². The second kappa shape index (κ2) is 7.58. The first-order valence-corrected chi connectivity index (χ1v) is 8.83. The highest BCUT2D eigenvalue weighted by Crippen LogP contribution is 2.34. The molecule has 0 spiro atoms. The molecule has 2 rings (SSSR count). The van der Waals surface area contributed by atoms with Crippen molar-refractivity contribution in [2.45, 2.75) is 52.9 Å². The number of hydrogen-bond donors (Lipinski definition) is 0. The highest BCUT2D eigenvalue weighted by Gasteiger charge is 2.14. The summed E-state index contributed by atoms with van der Waals surface area (Å²) in [6.07, 6.45) is 0. The Kier molecular flexibility index (Phi) is 6.35. The SMILES string of the molecule is [C-]#[N+]c1cc(C(C)(C)C)cs1.[C-]#[N+]c1cc(C)c(C(C)C)s1. The van der Waals surface area contributed by atoms with Crippen LogP contribution < -0.4 is 0 Å². The van der Waals surface area contributed by atoms with Crippen LogP contribution in [0.2, 0.25) is 0 Å². The van der Waals surface area contributed by atoms with E-state index in [2.05, 4.69) is 56.6 Å². The van der Waals surface area contributed by atoms with Crippen LogP contribution in [-0.4, -0.2) is 0 Å². The first kappa shape index (κ1) is 18.4. The van der Waals surface area contributed by atoms with E-state index >= 15 is 0 Å². The van der Waals surface area contributed by atoms with Crippen molar-refractivity contribution in [3.05, 3.63) is 56.4 Å². The fourth-order valence-electron chi connectivity index (χ4n) is 1.88. The molecule has 2 aromatic heterocycles. The standard InChI is InChI=1S/2C9H11NS/c1-9(2,3)7-5-8(10-4)11-6-7;1-6(2)9-7(3)5-8(10-4)11-9/h2*5-6H,1-3H3. The Bertz CT molecular complexity index is 701. The fourth-order valence-corrected chi connectivity index (χ4v) is 3.76. The number of thiophene rings is 2. The van der Waals surface area contributed by atoms with Gasteiger partial charge in [-0.15, -0.1) is 0 Å². The maximum absolute atomic E-state index is 6.83. The van der Waals surface area contributed by atoms with Crippen LogP contribution in [0.1, 0.15) is 56.5 Å². The van der Waals surface area contributed by atoms with E-state index in [4.69, 9.17) is 13.1 Å². The molecular formula is C18H22N2S2. The molecule has 22 heavy (non-hydrogen) atoms. The molecule has 0 bridgehead atoms. The minimum Gasteiger partial charge on any atom is -0.227 e. The molecule has 0 N–H and O–H groups in total. The van der Waals surface area contributed by atoms with Crippen molar-refractivity contribution in [1.82, 2.24) is 0 Å². The van der Waals surface area contributed by atoms with Crippen molar-refractivity contribution < 1.29 is 0 Å². The van der Waals surface area contributed by atoms with E-state index in [0.717, 1.165) is 10.0 Å². The van der Waals surface area contributed by atoms with Crippen LogP contribution in [0.15, 0.2) is 17.5 Å². The van der Waals surface area contributed by atoms with Gasteiger partial charge in [0, 0.05) is 0 Å². The zero-order valence-electron chi connectivity index (χ0n) is 14.0. The molecule has 0 amide bonds. The topological polar surface area (TPSA) is 8.72 Å². The predicted octanol–water partition coefficient (Wildman–Crippen LogP) is 7.33. The minimum absolute atomic E-state index is 0.180. The van der Waals surface area contributed by atoms with Gasteiger partial charge in [0.2, 0.25) is 10.0 Å². The van der Waals surface area contributed by atoms with Crippen molar-refractivity contribution in [3.63, 3.8) is 0 Å². The summed E-state index contributed by atoms with van der Waals surface area (Å²) in [4.78, 5) is 8.12. The second-order valence-electron chi connectivity index (χ2n) is 6.43. The van der Waals surface area contributed by atoms with Crippen molar-refractivity contribution >= 4 is 32.7 Å². The van der Waals surface area contributed by atoms with Crippen molar-refractivity contribution in [1.29, 1.82) is 0 Å². The maximum atomic E-state index is 6.83. The number of nitrogens with zero attached hydrogens (tertiary/aromatic N) is 2. The summed E-state index contributed by atoms with van der Waals surface area (Å²) in [6, 6.07) is 3.94. The van der Waals surface area contributed by atoms with E-state index in [-0.39, 0.29) is 5.41 Å². The summed E-state index contributed by atoms with van der Waals surface area (Å²) >= 11 is 3.14. The molecule has 2 aromatic rings. The van der Waals surface area contributed by atoms with Gasteiger partial charge < -0.3 is 0 Å². The Hall–Kier alpha value is -1.62. The lowest BCUT2D eigenvalue weighted by molar-refractivity contribution is 0.593. The predicted molar refractivity (Wildman–Crippen MR) is 98.7 cm³/mol. The van der Waals surface area contributed by atoms with Gasteiger partial charge in [-0.05, 0) is 51.8 Å². The summed E-state index contributed by atoms with van der Waals surface area (Å²) in [5.74, 6) is 0.551. The first-order valence-electron chi connectivity index (χ1n) is 7.13. The van der Waals surface area contributed by atoms with Gasteiger partial charge in [0.25, 0.3) is 0 Å². The summed E-state index contributed by atoms with van der Waals surface area (Å²) < 4.78 is 0. The largest absolute Gasteiger partial charge is 0.241 e. The molecule has 0 fully saturated rings. The zero-order valence-corrected chi connectivity index (χ0v) is 15.7. The van der Waals surface area contributed by atoms with Gasteiger partial charge >= 0.3 is 0 Å². The molecule has 0 aromatic carbocycles. The normalized spacial score (nSPS) is 10.6. The molecule has 4 heteroatoms. The lowest BCUT2D eigenvalue weighted by Crippen LogP contribution is -2.08. The molecule has 0 aliphatic rings. The molecule has 0 aliphatic carbocycles. The van der Waals surface area contributed by atoms with Gasteiger partial charge in [0.15, 0.2) is 0 Å². The van der Waals surface area contributed by atoms with Crippen LogP contribution in [0, 0.1) is 20.1 Å². The van der Waals surface area contributed by atoms with Crippen LogP contribution in [0.25, 0.3) is 9.69 Å². The smallest absolute Gasteiger partial charge is 0.227 e. The zero-order chi connectivity index (χ0) is 16.9. The monoisotopic (exact) mass is 330 g/mol. The molecular weight excluding hydrogens is 308 g/mol. The molecule has 0 saturated heterocycles. The van der Waals surface area contributed by atoms with Crippen molar-refractivity contribution in [2.75, 3.05) is 0 Å². The third-order valence-corrected chi connectivity index (χ3v) is 5.39. The average molecular weight is 331 g/mol. The number of hydrogen-bond acceptors (Lipinski definition) is 2. The molecule has 116 valence electrons. The van der Waals surface area contributed by atoms with Crippen LogP contribution in [0.4, 0.5) is 10.0 Å². The van der Waals surface area contributed by atoms with Gasteiger partial charge in [0.1, 0.15) is 0 Å². The summed E-state index contributed by atoms with van der Waals surface area (Å²) in [6.45, 7) is 26.5. The van der Waals surface area contributed by atoms with E-state index in [0.29, 0.717) is 5.92 Å². The molecule has 0 radical (unpaired) electrons. The van der Waals surface area contributed by atoms with E-state index in [1.165, 1.54) is 27.3 Å². The minimum atomic E-state index is 0.180. The first-order chi connectivity index (χ1) is 10.2. The number of rotatable bonds is 1. The Labute approximate surface area is 142 Å². The van der Waals surface area contributed by atoms with Crippen LogP contribution in [-0.2, 0) is 5.41 Å². The lowest BCUT2D eigenvalue weighted by Gasteiger charge is -2.15. The Morgan fingerprint density at radius 2 is 1.64 bits per heavy atom. The highest BCUT2D eigenvalue weighted by molar-refractivity contribution is 7.16. The molecule has 0 atom stereocenters. The quantitative estimate of drug-likeness (QED) is 0.484. The summed E-state index contributed by atoms with van der Waals surface area (Å²) in [7, 11) is 0. The van der Waals surface area contributed by atoms with Gasteiger partial charge in [-0.3, -0.25) is 0 Å². The molecule has 2 heterocycles. The Morgan fingerprint density at radius 3 is 1.91 bits per heavy atom. The summed E-state index contributed by atoms with van der Waals surface area (Å²) in [5.41, 5.74) is 2.70. The van der Waals surface area contributed by atoms with Crippen molar-refractivity contribution in [2.24, 2.45) is 0 Å². The van der Waals surface area contributed by atoms with Gasteiger partial charge in [-0.25, -0.2) is 9.69 Å². The Balaban J connectivity index is 0.000000220. The average Bonchev–Trinajstić information content (AvgIpc) is 3.04. The number of aryl methyl sites for hydroxylation is 1. The van der Waals surface area contributed by atoms with E-state index in [9.17, 15) is 0 Å². The van der Waals surface area contributed by atoms with Gasteiger partial charge in [-0.2, -0.15) is 22.7 Å². The molecule has 0 saturated carbocycles. The third kappa shape index (κ3) is 4.98. The highest BCUT2D eigenvalue weighted by atomic mass is 32.1. The van der Waals surface area contributed by atoms with Gasteiger partial charge in [-0.1, -0.05) is 34.6 Å². The van der Waals surface area contributed by atoms with Gasteiger partial charge in [0.05, 0.1) is 13.1 Å². The van der Waals surface area contributed by atoms with E-state index in [1.54, 1.807) is 11.3 Å². The summed E-state index contributed by atoms with van der Waals surface area (Å²) in [5, 5.41) is 3.66. The molecule has 0 aliphatic heterocycles. The second-order valence-corrected chi connectivity index (χ2v) is 8.39. The maximum Gasteiger partial charge on any atom is 0.241 e. The Morgan fingerprint density at radius 1 is 1.05 bits per heavy atom. The van der Waals surface area contributed by atoms with E-state index < -0.39 is 0 Å². The van der Waals surface area contributed by atoms with Crippen LogP contribution >= 0.6 is 22.7 Å². The fraction of sp³-hybridized carbons (Fsp3) is 0.444. The molecule has 2 nitrogen and oxygen atoms in total.